The Balaban J connectivity index is 1.74. The number of benzene rings is 2. The number of rotatable bonds is 6. The van der Waals surface area contributed by atoms with Crippen molar-refractivity contribution in [2.45, 2.75) is 6.92 Å². The van der Waals surface area contributed by atoms with Gasteiger partial charge < -0.3 is 20.7 Å². The van der Waals surface area contributed by atoms with Crippen molar-refractivity contribution in [2.75, 3.05) is 23.8 Å². The fraction of sp³-hybridized carbons (Fsp3) is 0.176. The molecular formula is C17H18ClN3O3. The number of anilines is 2. The van der Waals surface area contributed by atoms with Crippen LogP contribution in [0.4, 0.5) is 16.2 Å². The van der Waals surface area contributed by atoms with E-state index in [0.717, 1.165) is 0 Å². The minimum absolute atomic E-state index is 0.172. The third kappa shape index (κ3) is 6.18. The summed E-state index contributed by atoms with van der Waals surface area (Å²) in [6.45, 7) is 2.08. The zero-order chi connectivity index (χ0) is 17.4. The summed E-state index contributed by atoms with van der Waals surface area (Å²) in [5, 5.41) is 8.61. The number of hydrogen-bond acceptors (Lipinski definition) is 3. The molecule has 0 fully saturated rings. The first-order valence-electron chi connectivity index (χ1n) is 7.34. The summed E-state index contributed by atoms with van der Waals surface area (Å²) in [6, 6.07) is 13.6. The maximum Gasteiger partial charge on any atom is 0.319 e. The molecule has 0 bridgehead atoms. The number of amides is 3. The Bertz CT molecular complexity index is 722. The number of ether oxygens (including phenoxy) is 1. The third-order valence-electron chi connectivity index (χ3n) is 2.89. The highest BCUT2D eigenvalue weighted by Gasteiger charge is 2.03. The zero-order valence-electron chi connectivity index (χ0n) is 13.1. The van der Waals surface area contributed by atoms with Gasteiger partial charge in [0.05, 0.1) is 6.54 Å². The van der Waals surface area contributed by atoms with Gasteiger partial charge in [-0.3, -0.25) is 4.79 Å². The van der Waals surface area contributed by atoms with E-state index in [1.54, 1.807) is 48.5 Å². The van der Waals surface area contributed by atoms with Crippen molar-refractivity contribution in [1.82, 2.24) is 5.32 Å². The molecule has 2 rings (SSSR count). The van der Waals surface area contributed by atoms with Gasteiger partial charge >= 0.3 is 6.03 Å². The number of hydrogen-bond donors (Lipinski definition) is 3. The first kappa shape index (κ1) is 17.6. The Kier molecular flexibility index (Phi) is 6.45. The highest BCUT2D eigenvalue weighted by atomic mass is 35.5. The number of nitrogens with one attached hydrogen (secondary N) is 3. The minimum Gasteiger partial charge on any atom is -0.492 e. The van der Waals surface area contributed by atoms with Crippen LogP contribution in [-0.2, 0) is 4.79 Å². The highest BCUT2D eigenvalue weighted by molar-refractivity contribution is 6.30. The second-order valence-electron chi connectivity index (χ2n) is 4.95. The Morgan fingerprint density at radius 3 is 2.46 bits per heavy atom. The van der Waals surface area contributed by atoms with Gasteiger partial charge in [-0.25, -0.2) is 4.79 Å². The van der Waals surface area contributed by atoms with Crippen molar-refractivity contribution >= 4 is 34.9 Å². The van der Waals surface area contributed by atoms with Gasteiger partial charge in [-0.05, 0) is 36.4 Å². The average molecular weight is 348 g/mol. The van der Waals surface area contributed by atoms with Gasteiger partial charge in [0.25, 0.3) is 0 Å². The van der Waals surface area contributed by atoms with E-state index in [1.165, 1.54) is 6.92 Å². The Morgan fingerprint density at radius 2 is 1.75 bits per heavy atom. The quantitative estimate of drug-likeness (QED) is 0.700. The van der Waals surface area contributed by atoms with Crippen molar-refractivity contribution in [3.63, 3.8) is 0 Å². The van der Waals surface area contributed by atoms with Gasteiger partial charge in [0.1, 0.15) is 12.4 Å². The normalized spacial score (nSPS) is 9.92. The van der Waals surface area contributed by atoms with Gasteiger partial charge in [0.15, 0.2) is 0 Å². The molecule has 0 atom stereocenters. The molecule has 0 heterocycles. The second kappa shape index (κ2) is 8.79. The van der Waals surface area contributed by atoms with E-state index in [9.17, 15) is 9.59 Å². The van der Waals surface area contributed by atoms with Crippen LogP contribution in [0.2, 0.25) is 5.02 Å². The molecule has 126 valence electrons. The van der Waals surface area contributed by atoms with Crippen molar-refractivity contribution in [3.05, 3.63) is 53.6 Å². The van der Waals surface area contributed by atoms with E-state index >= 15 is 0 Å². The van der Waals surface area contributed by atoms with E-state index in [2.05, 4.69) is 16.0 Å². The summed E-state index contributed by atoms with van der Waals surface area (Å²) in [6.07, 6.45) is 0. The molecule has 3 N–H and O–H groups in total. The SMILES string of the molecule is CC(=O)Nc1cccc(NC(=O)NCCOc2cccc(Cl)c2)c1. The summed E-state index contributed by atoms with van der Waals surface area (Å²) in [5.74, 6) is 0.475. The van der Waals surface area contributed by atoms with Crippen LogP contribution in [0.25, 0.3) is 0 Å². The van der Waals surface area contributed by atoms with Crippen molar-refractivity contribution in [2.24, 2.45) is 0 Å². The summed E-state index contributed by atoms with van der Waals surface area (Å²) in [7, 11) is 0. The van der Waals surface area contributed by atoms with Gasteiger partial charge in [-0.1, -0.05) is 23.7 Å². The smallest absolute Gasteiger partial charge is 0.319 e. The number of halogens is 1. The van der Waals surface area contributed by atoms with Crippen LogP contribution in [0.3, 0.4) is 0 Å². The third-order valence-corrected chi connectivity index (χ3v) is 3.13. The molecule has 2 aromatic carbocycles. The first-order valence-corrected chi connectivity index (χ1v) is 7.71. The van der Waals surface area contributed by atoms with Crippen molar-refractivity contribution < 1.29 is 14.3 Å². The lowest BCUT2D eigenvalue weighted by Gasteiger charge is -2.10. The Labute approximate surface area is 145 Å². The van der Waals surface area contributed by atoms with Crippen molar-refractivity contribution in [1.29, 1.82) is 0 Å². The molecule has 0 aliphatic carbocycles. The van der Waals surface area contributed by atoms with Gasteiger partial charge in [-0.2, -0.15) is 0 Å². The van der Waals surface area contributed by atoms with Crippen LogP contribution < -0.4 is 20.7 Å². The molecule has 0 aliphatic rings. The molecule has 0 unspecified atom stereocenters. The fourth-order valence-electron chi connectivity index (χ4n) is 1.94. The van der Waals surface area contributed by atoms with E-state index in [0.29, 0.717) is 35.3 Å². The molecule has 0 saturated carbocycles. The standard InChI is InChI=1S/C17H18ClN3O3/c1-12(22)20-14-5-3-6-15(11-14)21-17(23)19-8-9-24-16-7-2-4-13(18)10-16/h2-7,10-11H,8-9H2,1H3,(H,20,22)(H2,19,21,23). The van der Waals surface area contributed by atoms with Crippen LogP contribution in [0.5, 0.6) is 5.75 Å². The van der Waals surface area contributed by atoms with Crippen LogP contribution in [-0.4, -0.2) is 25.1 Å². The molecule has 0 radical (unpaired) electrons. The molecule has 0 aromatic heterocycles. The lowest BCUT2D eigenvalue weighted by Crippen LogP contribution is -2.32. The van der Waals surface area contributed by atoms with E-state index < -0.39 is 0 Å². The molecule has 0 aliphatic heterocycles. The average Bonchev–Trinajstić information content (AvgIpc) is 2.51. The number of urea groups is 1. The fourth-order valence-corrected chi connectivity index (χ4v) is 2.12. The predicted molar refractivity (Wildman–Crippen MR) is 94.7 cm³/mol. The summed E-state index contributed by atoms with van der Waals surface area (Å²) in [4.78, 5) is 22.9. The summed E-state index contributed by atoms with van der Waals surface area (Å²) in [5.41, 5.74) is 1.19. The van der Waals surface area contributed by atoms with E-state index in [-0.39, 0.29) is 11.9 Å². The molecular weight excluding hydrogens is 330 g/mol. The minimum atomic E-state index is -0.357. The largest absolute Gasteiger partial charge is 0.492 e. The maximum atomic E-state index is 11.8. The molecule has 7 heteroatoms. The van der Waals surface area contributed by atoms with Crippen LogP contribution in [0.15, 0.2) is 48.5 Å². The Hall–Kier alpha value is -2.73. The van der Waals surface area contributed by atoms with Gasteiger partial charge in [-0.15, -0.1) is 0 Å². The van der Waals surface area contributed by atoms with Crippen LogP contribution in [0.1, 0.15) is 6.92 Å². The van der Waals surface area contributed by atoms with E-state index in [4.69, 9.17) is 16.3 Å². The van der Waals surface area contributed by atoms with Crippen LogP contribution in [0, 0.1) is 0 Å². The number of carbonyl (C=O) groups is 2. The second-order valence-corrected chi connectivity index (χ2v) is 5.39. The zero-order valence-corrected chi connectivity index (χ0v) is 13.9. The lowest BCUT2D eigenvalue weighted by molar-refractivity contribution is -0.114. The topological polar surface area (TPSA) is 79.5 Å². The van der Waals surface area contributed by atoms with Gasteiger partial charge in [0, 0.05) is 23.3 Å². The van der Waals surface area contributed by atoms with Crippen molar-refractivity contribution in [3.8, 4) is 5.75 Å². The maximum absolute atomic E-state index is 11.8. The molecule has 0 spiro atoms. The highest BCUT2D eigenvalue weighted by Crippen LogP contribution is 2.17. The molecule has 0 saturated heterocycles. The Morgan fingerprint density at radius 1 is 1.04 bits per heavy atom. The van der Waals surface area contributed by atoms with E-state index in [1.807, 2.05) is 0 Å². The summed E-state index contributed by atoms with van der Waals surface area (Å²) >= 11 is 5.86. The molecule has 6 nitrogen and oxygen atoms in total. The summed E-state index contributed by atoms with van der Waals surface area (Å²) < 4.78 is 5.48. The predicted octanol–water partition coefficient (Wildman–Crippen LogP) is 3.50. The molecule has 2 aromatic rings. The van der Waals surface area contributed by atoms with Gasteiger partial charge in [0.2, 0.25) is 5.91 Å². The molecule has 3 amide bonds. The first-order chi connectivity index (χ1) is 11.5. The lowest BCUT2D eigenvalue weighted by atomic mass is 10.3. The van der Waals surface area contributed by atoms with Crippen LogP contribution >= 0.6 is 11.6 Å². The monoisotopic (exact) mass is 347 g/mol. The molecule has 24 heavy (non-hydrogen) atoms. The number of carbonyl (C=O) groups excluding carboxylic acids is 2.